The molecule has 0 aromatic heterocycles. The van der Waals surface area contributed by atoms with E-state index < -0.39 is 0 Å². The molecule has 0 bridgehead atoms. The van der Waals surface area contributed by atoms with Crippen LogP contribution in [-0.2, 0) is 4.74 Å². The number of unbranched alkanes of at least 4 members (excludes halogenated alkanes) is 1. The van der Waals surface area contributed by atoms with Gasteiger partial charge in [0.25, 0.3) is 0 Å². The third-order valence-corrected chi connectivity index (χ3v) is 6.11. The molecule has 0 spiro atoms. The van der Waals surface area contributed by atoms with Gasteiger partial charge >= 0.3 is 0 Å². The van der Waals surface area contributed by atoms with E-state index in [1.165, 1.54) is 77.0 Å². The molecule has 0 radical (unpaired) electrons. The van der Waals surface area contributed by atoms with Gasteiger partial charge in [-0.05, 0) is 75.5 Å². The van der Waals surface area contributed by atoms with Gasteiger partial charge in [-0.1, -0.05) is 44.4 Å². The smallest absolute Gasteiger partial charge is 0.0651 e. The molecule has 0 unspecified atom stereocenters. The van der Waals surface area contributed by atoms with Gasteiger partial charge in [-0.15, -0.1) is 6.58 Å². The molecule has 2 aliphatic carbocycles. The maximum atomic E-state index is 6.03. The maximum absolute atomic E-state index is 6.03. The fourth-order valence-corrected chi connectivity index (χ4v) is 4.57. The lowest BCUT2D eigenvalue weighted by atomic mass is 9.70. The highest BCUT2D eigenvalue weighted by Gasteiger charge is 2.30. The van der Waals surface area contributed by atoms with E-state index in [0.717, 1.165) is 24.4 Å². The lowest BCUT2D eigenvalue weighted by Gasteiger charge is -2.37. The van der Waals surface area contributed by atoms with E-state index >= 15 is 0 Å². The number of allylic oxidation sites excluding steroid dienone is 2. The zero-order valence-corrected chi connectivity index (χ0v) is 15.3. The predicted molar refractivity (Wildman–Crippen MR) is 101 cm³/mol. The van der Waals surface area contributed by atoms with Gasteiger partial charge in [0.15, 0.2) is 0 Å². The van der Waals surface area contributed by atoms with Gasteiger partial charge in [-0.2, -0.15) is 0 Å². The Morgan fingerprint density at radius 1 is 0.870 bits per heavy atom. The lowest BCUT2D eigenvalue weighted by Crippen LogP contribution is -2.28. The minimum absolute atomic E-state index is 0.529. The summed E-state index contributed by atoms with van der Waals surface area (Å²) in [4.78, 5) is 0. The molecule has 1 nitrogen and oxygen atoms in total. The van der Waals surface area contributed by atoms with Crippen molar-refractivity contribution in [3.05, 3.63) is 24.8 Å². The Hall–Kier alpha value is -0.560. The van der Waals surface area contributed by atoms with E-state index in [4.69, 9.17) is 4.74 Å². The van der Waals surface area contributed by atoms with Crippen molar-refractivity contribution in [2.45, 2.75) is 90.1 Å². The van der Waals surface area contributed by atoms with Crippen molar-refractivity contribution >= 4 is 0 Å². The molecule has 23 heavy (non-hydrogen) atoms. The van der Waals surface area contributed by atoms with Gasteiger partial charge in [0.05, 0.1) is 12.7 Å². The Morgan fingerprint density at radius 3 is 2.13 bits per heavy atom. The Bertz CT molecular complexity index is 330. The van der Waals surface area contributed by atoms with Crippen molar-refractivity contribution < 1.29 is 4.74 Å². The van der Waals surface area contributed by atoms with E-state index in [2.05, 4.69) is 31.7 Å². The van der Waals surface area contributed by atoms with Crippen LogP contribution in [0.15, 0.2) is 24.8 Å². The molecule has 2 saturated carbocycles. The number of hydrogen-bond donors (Lipinski definition) is 0. The summed E-state index contributed by atoms with van der Waals surface area (Å²) < 4.78 is 6.03. The highest BCUT2D eigenvalue weighted by molar-refractivity contribution is 4.85. The van der Waals surface area contributed by atoms with Crippen LogP contribution >= 0.6 is 0 Å². The minimum atomic E-state index is 0.529. The van der Waals surface area contributed by atoms with Gasteiger partial charge in [0, 0.05) is 0 Å². The second kappa shape index (κ2) is 11.1. The molecule has 0 aliphatic heterocycles. The van der Waals surface area contributed by atoms with Gasteiger partial charge < -0.3 is 4.74 Å². The summed E-state index contributed by atoms with van der Waals surface area (Å²) in [6.45, 7) is 6.91. The second-order valence-corrected chi connectivity index (χ2v) is 7.78. The van der Waals surface area contributed by atoms with Gasteiger partial charge in [-0.25, -0.2) is 0 Å². The first-order valence-electron chi connectivity index (χ1n) is 10.2. The van der Waals surface area contributed by atoms with E-state index in [9.17, 15) is 0 Å². The van der Waals surface area contributed by atoms with Crippen LogP contribution < -0.4 is 0 Å². The van der Waals surface area contributed by atoms with Crippen molar-refractivity contribution in [2.24, 2.45) is 17.8 Å². The first kappa shape index (κ1) is 18.8. The Morgan fingerprint density at radius 2 is 1.52 bits per heavy atom. The standard InChI is InChI=1S/C22H38O/c1-3-5-7-8-18-23-22-16-14-21(15-17-22)20-12-10-19(11-13-20)9-6-4-2/h4,7-8,19-22H,2-3,5-6,9-18H2,1H3/b8-7+. The quantitative estimate of drug-likeness (QED) is 0.430. The molecule has 1 heteroatoms. The Balaban J connectivity index is 1.59. The summed E-state index contributed by atoms with van der Waals surface area (Å²) in [7, 11) is 0. The number of ether oxygens (including phenoxy) is 1. The summed E-state index contributed by atoms with van der Waals surface area (Å²) in [5.74, 6) is 2.99. The van der Waals surface area contributed by atoms with Gasteiger partial charge in [-0.3, -0.25) is 0 Å². The van der Waals surface area contributed by atoms with Crippen LogP contribution in [0.25, 0.3) is 0 Å². The van der Waals surface area contributed by atoms with Crippen molar-refractivity contribution in [1.82, 2.24) is 0 Å². The molecule has 2 rings (SSSR count). The molecule has 0 amide bonds. The monoisotopic (exact) mass is 318 g/mol. The molecule has 0 heterocycles. The SMILES string of the molecule is C=CCCC1CCC(C2CCC(OC/C=C/CCC)CC2)CC1. The highest BCUT2D eigenvalue weighted by atomic mass is 16.5. The fraction of sp³-hybridized carbons (Fsp3) is 0.818. The summed E-state index contributed by atoms with van der Waals surface area (Å²) >= 11 is 0. The summed E-state index contributed by atoms with van der Waals surface area (Å²) in [5, 5.41) is 0. The molecule has 0 N–H and O–H groups in total. The van der Waals surface area contributed by atoms with E-state index in [-0.39, 0.29) is 0 Å². The highest BCUT2D eigenvalue weighted by Crippen LogP contribution is 2.41. The average molecular weight is 319 g/mol. The molecule has 0 aromatic carbocycles. The molecule has 0 saturated heterocycles. The Labute approximate surface area is 144 Å². The lowest BCUT2D eigenvalue weighted by molar-refractivity contribution is 0.0210. The molecular formula is C22H38O. The van der Waals surface area contributed by atoms with Crippen LogP contribution in [0.1, 0.15) is 84.0 Å². The molecule has 2 aliphatic rings. The first-order chi connectivity index (χ1) is 11.3. The second-order valence-electron chi connectivity index (χ2n) is 7.78. The van der Waals surface area contributed by atoms with Crippen molar-refractivity contribution in [3.63, 3.8) is 0 Å². The van der Waals surface area contributed by atoms with E-state index in [1.54, 1.807) is 0 Å². The molecule has 132 valence electrons. The van der Waals surface area contributed by atoms with E-state index in [1.807, 2.05) is 0 Å². The van der Waals surface area contributed by atoms with Gasteiger partial charge in [0.1, 0.15) is 0 Å². The molecule has 0 atom stereocenters. The van der Waals surface area contributed by atoms with Crippen LogP contribution in [0.3, 0.4) is 0 Å². The largest absolute Gasteiger partial charge is 0.374 e. The molecule has 0 aromatic rings. The molecular weight excluding hydrogens is 280 g/mol. The zero-order valence-electron chi connectivity index (χ0n) is 15.3. The summed E-state index contributed by atoms with van der Waals surface area (Å²) in [5.41, 5.74) is 0. The van der Waals surface area contributed by atoms with Crippen LogP contribution in [0.2, 0.25) is 0 Å². The fourth-order valence-electron chi connectivity index (χ4n) is 4.57. The maximum Gasteiger partial charge on any atom is 0.0651 e. The third kappa shape index (κ3) is 6.83. The topological polar surface area (TPSA) is 9.23 Å². The zero-order chi connectivity index (χ0) is 16.3. The summed E-state index contributed by atoms with van der Waals surface area (Å²) in [6.07, 6.45) is 23.4. The van der Waals surface area contributed by atoms with Crippen LogP contribution in [0.4, 0.5) is 0 Å². The first-order valence-corrected chi connectivity index (χ1v) is 10.2. The predicted octanol–water partition coefficient (Wildman–Crippen LogP) is 6.69. The van der Waals surface area contributed by atoms with Crippen molar-refractivity contribution in [2.75, 3.05) is 6.61 Å². The summed E-state index contributed by atoms with van der Waals surface area (Å²) in [6, 6.07) is 0. The minimum Gasteiger partial charge on any atom is -0.374 e. The normalized spacial score (nSPS) is 32.2. The third-order valence-electron chi connectivity index (χ3n) is 6.11. The van der Waals surface area contributed by atoms with E-state index in [0.29, 0.717) is 6.10 Å². The van der Waals surface area contributed by atoms with Crippen molar-refractivity contribution in [3.8, 4) is 0 Å². The van der Waals surface area contributed by atoms with Crippen LogP contribution in [-0.4, -0.2) is 12.7 Å². The van der Waals surface area contributed by atoms with Crippen LogP contribution in [0, 0.1) is 17.8 Å². The number of rotatable bonds is 9. The van der Waals surface area contributed by atoms with Gasteiger partial charge in [0.2, 0.25) is 0 Å². The van der Waals surface area contributed by atoms with Crippen molar-refractivity contribution in [1.29, 1.82) is 0 Å². The van der Waals surface area contributed by atoms with Crippen LogP contribution in [0.5, 0.6) is 0 Å². The average Bonchev–Trinajstić information content (AvgIpc) is 2.61. The number of hydrogen-bond acceptors (Lipinski definition) is 1. The Kier molecular flexibility index (Phi) is 9.04. The molecule has 2 fully saturated rings.